The zero-order valence-electron chi connectivity index (χ0n) is 19.5. The predicted octanol–water partition coefficient (Wildman–Crippen LogP) is 5.67. The van der Waals surface area contributed by atoms with Crippen molar-refractivity contribution >= 4 is 27.5 Å². The number of hydrogen-bond donors (Lipinski definition) is 0. The molecule has 0 aliphatic carbocycles. The Morgan fingerprint density at radius 1 is 1.19 bits per heavy atom. The molecule has 0 saturated carbocycles. The molecule has 1 aliphatic rings. The number of rotatable bonds is 6. The number of fused-ring (bicyclic) bond motifs is 1. The Bertz CT molecular complexity index is 1400. The summed E-state index contributed by atoms with van der Waals surface area (Å²) in [6.07, 6.45) is 1.33. The van der Waals surface area contributed by atoms with Gasteiger partial charge in [-0.2, -0.15) is 18.4 Å². The normalized spacial score (nSPS) is 14.8. The predicted molar refractivity (Wildman–Crippen MR) is 131 cm³/mol. The molecule has 36 heavy (non-hydrogen) atoms. The minimum Gasteiger partial charge on any atom is -0.493 e. The topological polar surface area (TPSA) is 79.9 Å². The second-order valence-corrected chi connectivity index (χ2v) is 9.66. The number of alkyl halides is 3. The van der Waals surface area contributed by atoms with Gasteiger partial charge >= 0.3 is 6.18 Å². The molecule has 1 fully saturated rings. The lowest BCUT2D eigenvalue weighted by molar-refractivity contribution is -0.138. The van der Waals surface area contributed by atoms with E-state index in [9.17, 15) is 18.4 Å². The number of hydrogen-bond acceptors (Lipinski definition) is 7. The molecule has 1 aliphatic heterocycles. The Morgan fingerprint density at radius 3 is 2.69 bits per heavy atom. The molecule has 186 valence electrons. The van der Waals surface area contributed by atoms with Gasteiger partial charge in [0.2, 0.25) is 0 Å². The summed E-state index contributed by atoms with van der Waals surface area (Å²) in [4.78, 5) is 15.0. The van der Waals surface area contributed by atoms with E-state index in [2.05, 4.69) is 19.9 Å². The summed E-state index contributed by atoms with van der Waals surface area (Å²) in [6.45, 7) is 1.99. The van der Waals surface area contributed by atoms with Crippen LogP contribution in [-0.4, -0.2) is 39.2 Å². The maximum Gasteiger partial charge on any atom is 0.419 e. The van der Waals surface area contributed by atoms with Crippen molar-refractivity contribution in [3.63, 3.8) is 0 Å². The fraction of sp³-hybridized carbons (Fsp3) is 0.360. The Hall–Kier alpha value is -3.65. The number of nitrogens with zero attached hydrogens (tertiary/aromatic N) is 6. The number of nitriles is 1. The maximum absolute atomic E-state index is 13.9. The molecule has 0 N–H and O–H groups in total. The van der Waals surface area contributed by atoms with Crippen LogP contribution in [0.25, 0.3) is 22.3 Å². The van der Waals surface area contributed by atoms with Crippen LogP contribution in [-0.2, 0) is 13.2 Å². The lowest BCUT2D eigenvalue weighted by Crippen LogP contribution is -2.34. The largest absolute Gasteiger partial charge is 0.493 e. The van der Waals surface area contributed by atoms with E-state index in [1.165, 1.54) is 12.4 Å². The van der Waals surface area contributed by atoms with E-state index < -0.39 is 11.7 Å². The summed E-state index contributed by atoms with van der Waals surface area (Å²) >= 11 is 1.61. The quantitative estimate of drug-likeness (QED) is 0.331. The van der Waals surface area contributed by atoms with E-state index in [1.54, 1.807) is 41.3 Å². The van der Waals surface area contributed by atoms with Gasteiger partial charge in [-0.3, -0.25) is 0 Å². The van der Waals surface area contributed by atoms with E-state index in [4.69, 9.17) is 4.74 Å². The molecule has 0 amide bonds. The highest BCUT2D eigenvalue weighted by Gasteiger charge is 2.35. The van der Waals surface area contributed by atoms with Gasteiger partial charge in [-0.15, -0.1) is 11.3 Å². The van der Waals surface area contributed by atoms with Crippen molar-refractivity contribution < 1.29 is 17.9 Å². The third-order valence-corrected chi connectivity index (χ3v) is 7.32. The van der Waals surface area contributed by atoms with Gasteiger partial charge in [0.25, 0.3) is 0 Å². The Balaban J connectivity index is 1.30. The first-order chi connectivity index (χ1) is 17.3. The number of imidazole rings is 1. The molecule has 1 aromatic carbocycles. The van der Waals surface area contributed by atoms with Crippen molar-refractivity contribution in [2.75, 3.05) is 24.6 Å². The van der Waals surface area contributed by atoms with E-state index in [0.717, 1.165) is 37.1 Å². The monoisotopic (exact) mass is 512 g/mol. The van der Waals surface area contributed by atoms with Crippen LogP contribution in [0.5, 0.6) is 5.75 Å². The summed E-state index contributed by atoms with van der Waals surface area (Å²) < 4.78 is 49.2. The number of thiazole rings is 1. The first-order valence-electron chi connectivity index (χ1n) is 11.5. The van der Waals surface area contributed by atoms with Gasteiger partial charge < -0.3 is 14.2 Å². The minimum absolute atomic E-state index is 0.0675. The van der Waals surface area contributed by atoms with Crippen LogP contribution in [0.3, 0.4) is 0 Å². The van der Waals surface area contributed by atoms with Gasteiger partial charge in [0.05, 0.1) is 29.7 Å². The maximum atomic E-state index is 13.9. The van der Waals surface area contributed by atoms with Crippen molar-refractivity contribution in [3.05, 3.63) is 53.4 Å². The number of aromatic nitrogens is 4. The number of benzene rings is 1. The van der Waals surface area contributed by atoms with Crippen molar-refractivity contribution in [3.8, 4) is 23.1 Å². The number of piperidine rings is 1. The first-order valence-corrected chi connectivity index (χ1v) is 12.4. The SMILES string of the molecule is Cn1cnc2c(C#N)nc(-c3ccc(OCCC4CCN(c5nccs5)CC4)c(C(F)(F)F)c3)cc21. The highest BCUT2D eigenvalue weighted by molar-refractivity contribution is 7.13. The lowest BCUT2D eigenvalue weighted by atomic mass is 9.94. The Morgan fingerprint density at radius 2 is 2.00 bits per heavy atom. The van der Waals surface area contributed by atoms with Crippen LogP contribution >= 0.6 is 11.3 Å². The Kier molecular flexibility index (Phi) is 6.53. The van der Waals surface area contributed by atoms with Crippen molar-refractivity contribution in [2.45, 2.75) is 25.4 Å². The van der Waals surface area contributed by atoms with E-state index in [0.29, 0.717) is 23.4 Å². The van der Waals surface area contributed by atoms with E-state index in [1.807, 2.05) is 11.4 Å². The molecule has 1 saturated heterocycles. The summed E-state index contributed by atoms with van der Waals surface area (Å²) in [5.74, 6) is 0.197. The van der Waals surface area contributed by atoms with E-state index >= 15 is 0 Å². The van der Waals surface area contributed by atoms with Crippen molar-refractivity contribution in [1.29, 1.82) is 5.26 Å². The van der Waals surface area contributed by atoms with Crippen LogP contribution in [0.2, 0.25) is 0 Å². The average molecular weight is 513 g/mol. The first kappa shape index (κ1) is 24.1. The molecule has 11 heteroatoms. The molecule has 4 heterocycles. The average Bonchev–Trinajstić information content (AvgIpc) is 3.54. The number of halogens is 3. The highest BCUT2D eigenvalue weighted by atomic mass is 32.1. The molecule has 0 atom stereocenters. The third-order valence-electron chi connectivity index (χ3n) is 6.49. The lowest BCUT2D eigenvalue weighted by Gasteiger charge is -2.31. The van der Waals surface area contributed by atoms with Crippen molar-refractivity contribution in [2.24, 2.45) is 13.0 Å². The molecule has 0 spiro atoms. The smallest absolute Gasteiger partial charge is 0.419 e. The zero-order valence-corrected chi connectivity index (χ0v) is 20.3. The summed E-state index contributed by atoms with van der Waals surface area (Å²) in [5, 5.41) is 12.4. The number of anilines is 1. The van der Waals surface area contributed by atoms with E-state index in [-0.39, 0.29) is 29.3 Å². The van der Waals surface area contributed by atoms with Gasteiger partial charge in [-0.25, -0.2) is 15.0 Å². The number of ether oxygens (including phenoxy) is 1. The van der Waals surface area contributed by atoms with Gasteiger partial charge in [0.15, 0.2) is 10.8 Å². The summed E-state index contributed by atoms with van der Waals surface area (Å²) in [5.41, 5.74) is 0.765. The third kappa shape index (κ3) is 4.86. The van der Waals surface area contributed by atoms with Gasteiger partial charge in [0.1, 0.15) is 17.3 Å². The van der Waals surface area contributed by atoms with Crippen LogP contribution < -0.4 is 9.64 Å². The number of pyridine rings is 1. The van der Waals surface area contributed by atoms with Crippen LogP contribution in [0, 0.1) is 17.2 Å². The molecule has 0 radical (unpaired) electrons. The second kappa shape index (κ2) is 9.78. The van der Waals surface area contributed by atoms with Gasteiger partial charge in [-0.05, 0) is 49.4 Å². The van der Waals surface area contributed by atoms with Crippen LogP contribution in [0.4, 0.5) is 18.3 Å². The zero-order chi connectivity index (χ0) is 25.3. The summed E-state index contributed by atoms with van der Waals surface area (Å²) in [7, 11) is 1.75. The molecule has 5 rings (SSSR count). The van der Waals surface area contributed by atoms with Crippen molar-refractivity contribution in [1.82, 2.24) is 19.5 Å². The fourth-order valence-corrected chi connectivity index (χ4v) is 5.21. The Labute approximate surface area is 209 Å². The molecule has 4 aromatic rings. The molecule has 3 aromatic heterocycles. The molecule has 7 nitrogen and oxygen atoms in total. The van der Waals surface area contributed by atoms with Crippen LogP contribution in [0.1, 0.15) is 30.5 Å². The van der Waals surface area contributed by atoms with Gasteiger partial charge in [0, 0.05) is 37.3 Å². The van der Waals surface area contributed by atoms with Crippen LogP contribution in [0.15, 0.2) is 42.2 Å². The molecular formula is C25H23F3N6OS. The molecule has 0 unspecified atom stereocenters. The molecular weight excluding hydrogens is 489 g/mol. The second-order valence-electron chi connectivity index (χ2n) is 8.78. The standard InChI is InChI=1S/C25H23F3N6OS/c1-33-15-31-23-20(14-29)32-19(13-21(23)33)17-2-3-22(18(12-17)25(26,27)28)35-10-6-16-4-8-34(9-5-16)24-30-7-11-36-24/h2-3,7,11-13,15-16H,4-6,8-10H2,1H3. The van der Waals surface area contributed by atoms with Gasteiger partial charge in [-0.1, -0.05) is 0 Å². The number of aryl methyl sites for hydroxylation is 1. The fourth-order valence-electron chi connectivity index (χ4n) is 4.51. The molecule has 0 bridgehead atoms. The minimum atomic E-state index is -4.60. The highest BCUT2D eigenvalue weighted by Crippen LogP contribution is 2.39. The summed E-state index contributed by atoms with van der Waals surface area (Å²) in [6, 6.07) is 7.53.